The molecule has 0 spiro atoms. The number of aliphatic carboxylic acids is 1. The molecule has 0 saturated heterocycles. The van der Waals surface area contributed by atoms with Gasteiger partial charge in [0.25, 0.3) is 0 Å². The van der Waals surface area contributed by atoms with Gasteiger partial charge in [0.15, 0.2) is 0 Å². The molecule has 5 heteroatoms. The lowest BCUT2D eigenvalue weighted by molar-refractivity contribution is -0.135. The molecule has 1 aromatic carbocycles. The fourth-order valence-corrected chi connectivity index (χ4v) is 1.10. The van der Waals surface area contributed by atoms with Crippen molar-refractivity contribution in [2.24, 2.45) is 5.73 Å². The topological polar surface area (TPSA) is 92.4 Å². The molecule has 0 aromatic heterocycles. The van der Waals surface area contributed by atoms with E-state index in [2.05, 4.69) is 5.32 Å². The molecule has 0 bridgehead atoms. The molecule has 4 N–H and O–H groups in total. The lowest BCUT2D eigenvalue weighted by Gasteiger charge is -2.02. The predicted octanol–water partition coefficient (Wildman–Crippen LogP) is -0.0403. The average Bonchev–Trinajstić information content (AvgIpc) is 2.18. The van der Waals surface area contributed by atoms with Gasteiger partial charge in [-0.15, -0.1) is 0 Å². The molecule has 1 aromatic rings. The van der Waals surface area contributed by atoms with E-state index in [0.29, 0.717) is 12.1 Å². The van der Waals surface area contributed by atoms with Crippen molar-refractivity contribution in [1.29, 1.82) is 0 Å². The van der Waals surface area contributed by atoms with Gasteiger partial charge in [0.1, 0.15) is 0 Å². The van der Waals surface area contributed by atoms with Crippen molar-refractivity contribution in [3.63, 3.8) is 0 Å². The molecule has 0 fully saturated rings. The van der Waals surface area contributed by atoms with E-state index in [4.69, 9.17) is 10.8 Å². The van der Waals surface area contributed by atoms with Crippen LogP contribution < -0.4 is 11.1 Å². The van der Waals surface area contributed by atoms with E-state index >= 15 is 0 Å². The zero-order chi connectivity index (χ0) is 11.3. The first-order valence-corrected chi connectivity index (χ1v) is 4.41. The molecule has 1 rings (SSSR count). The van der Waals surface area contributed by atoms with E-state index in [1.54, 1.807) is 24.3 Å². The number of nitrogens with one attached hydrogen (secondary N) is 1. The number of carbonyl (C=O) groups excluding carboxylic acids is 1. The van der Waals surface area contributed by atoms with Crippen molar-refractivity contribution in [2.45, 2.75) is 6.54 Å². The summed E-state index contributed by atoms with van der Waals surface area (Å²) in [5, 5.41) is 11.1. The summed E-state index contributed by atoms with van der Waals surface area (Å²) in [4.78, 5) is 21.0. The molecule has 0 heterocycles. The van der Waals surface area contributed by atoms with E-state index in [9.17, 15) is 9.59 Å². The van der Waals surface area contributed by atoms with Gasteiger partial charge in [-0.3, -0.25) is 9.59 Å². The number of carboxylic acid groups (broad SMARTS) is 1. The first-order chi connectivity index (χ1) is 7.09. The molecular formula is C10H12N2O3. The van der Waals surface area contributed by atoms with Crippen molar-refractivity contribution in [2.75, 3.05) is 6.54 Å². The smallest absolute Gasteiger partial charge is 0.317 e. The third-order valence-electron chi connectivity index (χ3n) is 1.84. The molecule has 1 amide bonds. The molecule has 0 aliphatic rings. The largest absolute Gasteiger partial charge is 0.480 e. The van der Waals surface area contributed by atoms with Crippen LogP contribution in [0.5, 0.6) is 0 Å². The molecule has 0 saturated carbocycles. The maximum Gasteiger partial charge on any atom is 0.317 e. The number of primary amides is 1. The summed E-state index contributed by atoms with van der Waals surface area (Å²) in [7, 11) is 0. The minimum absolute atomic E-state index is 0.0857. The SMILES string of the molecule is NC(=O)c1ccc(CNCC(=O)O)cc1. The monoisotopic (exact) mass is 208 g/mol. The van der Waals surface area contributed by atoms with E-state index < -0.39 is 11.9 Å². The van der Waals surface area contributed by atoms with Crippen LogP contribution in [0.3, 0.4) is 0 Å². The first-order valence-electron chi connectivity index (χ1n) is 4.41. The quantitative estimate of drug-likeness (QED) is 0.633. The number of benzene rings is 1. The fraction of sp³-hybridized carbons (Fsp3) is 0.200. The van der Waals surface area contributed by atoms with Crippen LogP contribution in [-0.4, -0.2) is 23.5 Å². The Kier molecular flexibility index (Phi) is 3.82. The maximum atomic E-state index is 10.7. The molecule has 80 valence electrons. The lowest BCUT2D eigenvalue weighted by Crippen LogP contribution is -2.21. The van der Waals surface area contributed by atoms with Crippen LogP contribution in [0.1, 0.15) is 15.9 Å². The van der Waals surface area contributed by atoms with Crippen molar-refractivity contribution in [3.05, 3.63) is 35.4 Å². The number of amides is 1. The number of carbonyl (C=O) groups is 2. The summed E-state index contributed by atoms with van der Waals surface area (Å²) in [5.74, 6) is -1.37. The number of hydrogen-bond donors (Lipinski definition) is 3. The molecule has 0 atom stereocenters. The van der Waals surface area contributed by atoms with Crippen LogP contribution in [0.15, 0.2) is 24.3 Å². The zero-order valence-corrected chi connectivity index (χ0v) is 8.06. The normalized spacial score (nSPS) is 9.87. The van der Waals surface area contributed by atoms with Crippen LogP contribution in [0.25, 0.3) is 0 Å². The van der Waals surface area contributed by atoms with Crippen molar-refractivity contribution in [3.8, 4) is 0 Å². The molecule has 0 radical (unpaired) electrons. The minimum atomic E-state index is -0.899. The number of nitrogens with two attached hydrogens (primary N) is 1. The Morgan fingerprint density at radius 3 is 2.33 bits per heavy atom. The highest BCUT2D eigenvalue weighted by Crippen LogP contribution is 2.03. The Morgan fingerprint density at radius 1 is 1.27 bits per heavy atom. The van der Waals surface area contributed by atoms with Crippen LogP contribution in [0.2, 0.25) is 0 Å². The molecular weight excluding hydrogens is 196 g/mol. The number of hydrogen-bond acceptors (Lipinski definition) is 3. The summed E-state index contributed by atoms with van der Waals surface area (Å²) < 4.78 is 0. The van der Waals surface area contributed by atoms with Crippen LogP contribution in [0.4, 0.5) is 0 Å². The van der Waals surface area contributed by atoms with E-state index in [1.165, 1.54) is 0 Å². The zero-order valence-electron chi connectivity index (χ0n) is 8.06. The average molecular weight is 208 g/mol. The van der Waals surface area contributed by atoms with Gasteiger partial charge in [-0.1, -0.05) is 12.1 Å². The lowest BCUT2D eigenvalue weighted by atomic mass is 10.1. The summed E-state index contributed by atoms with van der Waals surface area (Å²) in [6.45, 7) is 0.364. The minimum Gasteiger partial charge on any atom is -0.480 e. The van der Waals surface area contributed by atoms with Gasteiger partial charge < -0.3 is 16.2 Å². The fourth-order valence-electron chi connectivity index (χ4n) is 1.10. The van der Waals surface area contributed by atoms with Crippen LogP contribution in [-0.2, 0) is 11.3 Å². The van der Waals surface area contributed by atoms with Crippen molar-refractivity contribution >= 4 is 11.9 Å². The van der Waals surface area contributed by atoms with Crippen LogP contribution in [0, 0.1) is 0 Å². The maximum absolute atomic E-state index is 10.7. The Morgan fingerprint density at radius 2 is 1.87 bits per heavy atom. The van der Waals surface area contributed by atoms with Gasteiger partial charge in [-0.25, -0.2) is 0 Å². The van der Waals surface area contributed by atoms with Gasteiger partial charge >= 0.3 is 5.97 Å². The molecule has 5 nitrogen and oxygen atoms in total. The molecule has 15 heavy (non-hydrogen) atoms. The summed E-state index contributed by atoms with van der Waals surface area (Å²) >= 11 is 0. The highest BCUT2D eigenvalue weighted by Gasteiger charge is 2.00. The van der Waals surface area contributed by atoms with Gasteiger partial charge in [0.2, 0.25) is 5.91 Å². The van der Waals surface area contributed by atoms with Gasteiger partial charge in [0.05, 0.1) is 6.54 Å². The van der Waals surface area contributed by atoms with Gasteiger partial charge in [-0.05, 0) is 17.7 Å². The third kappa shape index (κ3) is 3.78. The van der Waals surface area contributed by atoms with E-state index in [-0.39, 0.29) is 6.54 Å². The number of rotatable bonds is 5. The summed E-state index contributed by atoms with van der Waals surface area (Å²) in [5.41, 5.74) is 6.42. The number of carboxylic acids is 1. The Labute approximate surface area is 86.9 Å². The third-order valence-corrected chi connectivity index (χ3v) is 1.84. The van der Waals surface area contributed by atoms with Gasteiger partial charge in [0, 0.05) is 12.1 Å². The second-order valence-electron chi connectivity index (χ2n) is 3.06. The molecule has 0 aliphatic carbocycles. The molecule has 0 unspecified atom stereocenters. The van der Waals surface area contributed by atoms with E-state index in [1.807, 2.05) is 0 Å². The highest BCUT2D eigenvalue weighted by atomic mass is 16.4. The van der Waals surface area contributed by atoms with Crippen LogP contribution >= 0.6 is 0 Å². The highest BCUT2D eigenvalue weighted by molar-refractivity contribution is 5.92. The second-order valence-corrected chi connectivity index (χ2v) is 3.06. The second kappa shape index (κ2) is 5.11. The Bertz CT molecular complexity index is 359. The standard InChI is InChI=1S/C10H12N2O3/c11-10(15)8-3-1-7(2-4-8)5-12-6-9(13)14/h1-4,12H,5-6H2,(H2,11,15)(H,13,14). The summed E-state index contributed by atoms with van der Waals surface area (Å²) in [6.07, 6.45) is 0. The Balaban J connectivity index is 2.50. The summed E-state index contributed by atoms with van der Waals surface area (Å²) in [6, 6.07) is 6.68. The predicted molar refractivity (Wildman–Crippen MR) is 54.3 cm³/mol. The van der Waals surface area contributed by atoms with Crippen molar-refractivity contribution in [1.82, 2.24) is 5.32 Å². The first kappa shape index (κ1) is 11.2. The van der Waals surface area contributed by atoms with E-state index in [0.717, 1.165) is 5.56 Å². The van der Waals surface area contributed by atoms with Crippen molar-refractivity contribution < 1.29 is 14.7 Å². The van der Waals surface area contributed by atoms with Gasteiger partial charge in [-0.2, -0.15) is 0 Å². The molecule has 0 aliphatic heterocycles. The Hall–Kier alpha value is -1.88.